The molecule has 2 atom stereocenters. The van der Waals surface area contributed by atoms with Crippen molar-refractivity contribution in [1.29, 1.82) is 0 Å². The molecule has 6 rings (SSSR count). The minimum Gasteiger partial charge on any atom is -0.507 e. The highest BCUT2D eigenvalue weighted by molar-refractivity contribution is 6.17. The van der Waals surface area contributed by atoms with Gasteiger partial charge in [0.05, 0.1) is 5.69 Å². The molecule has 3 aliphatic heterocycles. The first kappa shape index (κ1) is 16.6. The van der Waals surface area contributed by atoms with E-state index in [0.29, 0.717) is 17.8 Å². The molecule has 0 spiro atoms. The number of piperazine rings is 1. The van der Waals surface area contributed by atoms with Crippen LogP contribution in [-0.2, 0) is 7.05 Å². The lowest BCUT2D eigenvalue weighted by Gasteiger charge is -2.30. The van der Waals surface area contributed by atoms with E-state index >= 15 is 0 Å². The number of hydrogen-bond acceptors (Lipinski definition) is 6. The van der Waals surface area contributed by atoms with Gasteiger partial charge in [-0.15, -0.1) is 0 Å². The van der Waals surface area contributed by atoms with Gasteiger partial charge in [-0.1, -0.05) is 6.07 Å². The summed E-state index contributed by atoms with van der Waals surface area (Å²) < 4.78 is 7.75. The van der Waals surface area contributed by atoms with Crippen LogP contribution < -0.4 is 15.0 Å². The van der Waals surface area contributed by atoms with E-state index in [4.69, 9.17) is 4.74 Å². The summed E-state index contributed by atoms with van der Waals surface area (Å²) >= 11 is 0. The fourth-order valence-corrected chi connectivity index (χ4v) is 4.88. The third-order valence-corrected chi connectivity index (χ3v) is 6.19. The average Bonchev–Trinajstić information content (AvgIpc) is 3.47. The maximum absolute atomic E-state index is 12.8. The Labute approximate surface area is 167 Å². The zero-order chi connectivity index (χ0) is 19.7. The van der Waals surface area contributed by atoms with Gasteiger partial charge in [-0.25, -0.2) is 4.98 Å². The molecule has 29 heavy (non-hydrogen) atoms. The molecule has 2 unspecified atom stereocenters. The summed E-state index contributed by atoms with van der Waals surface area (Å²) in [4.78, 5) is 19.8. The average molecular weight is 388 g/mol. The van der Waals surface area contributed by atoms with Crippen molar-refractivity contribution in [2.75, 3.05) is 18.0 Å². The highest BCUT2D eigenvalue weighted by Gasteiger charge is 2.38. The summed E-state index contributed by atoms with van der Waals surface area (Å²) in [5, 5.41) is 14.6. The molecule has 0 saturated carbocycles. The molecule has 146 valence electrons. The van der Waals surface area contributed by atoms with Gasteiger partial charge in [-0.2, -0.15) is 0 Å². The molecule has 0 radical (unpaired) electrons. The molecular weight excluding hydrogens is 368 g/mol. The van der Waals surface area contributed by atoms with Crippen molar-refractivity contribution >= 4 is 28.6 Å². The summed E-state index contributed by atoms with van der Waals surface area (Å²) in [6.45, 7) is 1.97. The maximum Gasteiger partial charge on any atom is 0.235 e. The smallest absolute Gasteiger partial charge is 0.235 e. The molecule has 0 aliphatic carbocycles. The number of Topliss-reactive ketones (excluding diaryl/α,β-unsaturated/α-hetero) is 1. The third kappa shape index (κ3) is 2.34. The van der Waals surface area contributed by atoms with E-state index in [1.807, 2.05) is 24.0 Å². The number of nitrogens with one attached hydrogen (secondary N) is 1. The number of ether oxygens (including phenoxy) is 1. The number of ketones is 1. The van der Waals surface area contributed by atoms with Crippen LogP contribution in [0.15, 0.2) is 42.4 Å². The number of carbonyl (C=O) groups is 1. The minimum atomic E-state index is -0.301. The second-order valence-corrected chi connectivity index (χ2v) is 7.96. The number of aryl methyl sites for hydroxylation is 1. The zero-order valence-electron chi connectivity index (χ0n) is 15.9. The molecule has 2 N–H and O–H groups in total. The molecule has 2 bridgehead atoms. The standard InChI is InChI=1S/C22H20N4O3/c1-25-10-12(7-18-21(28)20-16(27)3-2-4-17(20)29-18)19-15(5-6-23-22(19)25)26-11-13-8-14(26)9-24-13/h2-7,10,13-14,24,27H,8-9,11H2,1H3/b18-7-. The van der Waals surface area contributed by atoms with Crippen LogP contribution in [0.5, 0.6) is 11.5 Å². The van der Waals surface area contributed by atoms with E-state index in [0.717, 1.165) is 41.8 Å². The van der Waals surface area contributed by atoms with Crippen LogP contribution in [0.2, 0.25) is 0 Å². The second-order valence-electron chi connectivity index (χ2n) is 7.96. The Morgan fingerprint density at radius 1 is 1.34 bits per heavy atom. The minimum absolute atomic E-state index is 0.0585. The topological polar surface area (TPSA) is 79.6 Å². The van der Waals surface area contributed by atoms with Crippen LogP contribution >= 0.6 is 0 Å². The Morgan fingerprint density at radius 2 is 2.24 bits per heavy atom. The molecule has 3 aromatic rings. The highest BCUT2D eigenvalue weighted by atomic mass is 16.5. The van der Waals surface area contributed by atoms with E-state index in [-0.39, 0.29) is 22.9 Å². The predicted molar refractivity (Wildman–Crippen MR) is 109 cm³/mol. The van der Waals surface area contributed by atoms with Crippen molar-refractivity contribution < 1.29 is 14.6 Å². The number of carbonyl (C=O) groups excluding carboxylic acids is 1. The predicted octanol–water partition coefficient (Wildman–Crippen LogP) is 2.45. The quantitative estimate of drug-likeness (QED) is 0.657. The molecular formula is C22H20N4O3. The van der Waals surface area contributed by atoms with E-state index < -0.39 is 0 Å². The first-order valence-electron chi connectivity index (χ1n) is 9.80. The molecule has 7 nitrogen and oxygen atoms in total. The van der Waals surface area contributed by atoms with Gasteiger partial charge in [0.15, 0.2) is 5.76 Å². The molecule has 3 aliphatic rings. The number of anilines is 1. The summed E-state index contributed by atoms with van der Waals surface area (Å²) in [5.41, 5.74) is 3.12. The van der Waals surface area contributed by atoms with Gasteiger partial charge in [0.25, 0.3) is 0 Å². The summed E-state index contributed by atoms with van der Waals surface area (Å²) in [6, 6.07) is 7.93. The first-order chi connectivity index (χ1) is 14.1. The summed E-state index contributed by atoms with van der Waals surface area (Å²) in [7, 11) is 1.96. The highest BCUT2D eigenvalue weighted by Crippen LogP contribution is 2.40. The Hall–Kier alpha value is -3.32. The lowest BCUT2D eigenvalue weighted by Crippen LogP contribution is -2.43. The SMILES string of the molecule is Cn1cc(/C=C2\Oc3cccc(O)c3C2=O)c2c(N3CC4CC3CN4)ccnc21. The number of benzene rings is 1. The van der Waals surface area contributed by atoms with Crippen LogP contribution in [0.25, 0.3) is 17.1 Å². The third-order valence-electron chi connectivity index (χ3n) is 6.19. The van der Waals surface area contributed by atoms with E-state index in [1.165, 1.54) is 6.07 Å². The van der Waals surface area contributed by atoms with E-state index in [1.54, 1.807) is 18.2 Å². The number of aromatic nitrogens is 2. The number of phenols is 1. The number of fused-ring (bicyclic) bond motifs is 4. The maximum atomic E-state index is 12.8. The Balaban J connectivity index is 1.49. The van der Waals surface area contributed by atoms with Crippen LogP contribution in [0.4, 0.5) is 5.69 Å². The number of aromatic hydroxyl groups is 1. The van der Waals surface area contributed by atoms with Crippen LogP contribution in [0.3, 0.4) is 0 Å². The number of rotatable bonds is 2. The van der Waals surface area contributed by atoms with Crippen LogP contribution in [0, 0.1) is 0 Å². The van der Waals surface area contributed by atoms with E-state index in [2.05, 4.69) is 21.3 Å². The monoisotopic (exact) mass is 388 g/mol. The molecule has 1 aromatic carbocycles. The number of nitrogens with zero attached hydrogens (tertiary/aromatic N) is 3. The fourth-order valence-electron chi connectivity index (χ4n) is 4.88. The molecule has 2 saturated heterocycles. The van der Waals surface area contributed by atoms with Crippen LogP contribution in [0.1, 0.15) is 22.3 Å². The van der Waals surface area contributed by atoms with Gasteiger partial charge in [0.1, 0.15) is 22.7 Å². The van der Waals surface area contributed by atoms with Crippen molar-refractivity contribution in [1.82, 2.24) is 14.9 Å². The van der Waals surface area contributed by atoms with Gasteiger partial charge in [-0.3, -0.25) is 4.79 Å². The lowest BCUT2D eigenvalue weighted by molar-refractivity contribution is 0.101. The van der Waals surface area contributed by atoms with Crippen molar-refractivity contribution in [3.63, 3.8) is 0 Å². The van der Waals surface area contributed by atoms with E-state index in [9.17, 15) is 9.90 Å². The largest absolute Gasteiger partial charge is 0.507 e. The zero-order valence-corrected chi connectivity index (χ0v) is 15.9. The lowest BCUT2D eigenvalue weighted by atomic mass is 10.1. The molecule has 5 heterocycles. The molecule has 2 aromatic heterocycles. The fraction of sp³-hybridized carbons (Fsp3) is 0.273. The molecule has 7 heteroatoms. The van der Waals surface area contributed by atoms with Gasteiger partial charge in [0, 0.05) is 55.6 Å². The Kier molecular flexibility index (Phi) is 3.35. The van der Waals surface area contributed by atoms with Crippen LogP contribution in [-0.4, -0.2) is 45.6 Å². The summed E-state index contributed by atoms with van der Waals surface area (Å²) in [5.74, 6) is 0.248. The molecule has 0 amide bonds. The number of phenolic OH excluding ortho intramolecular Hbond substituents is 1. The van der Waals surface area contributed by atoms with Crippen molar-refractivity contribution in [3.8, 4) is 11.5 Å². The number of allylic oxidation sites excluding steroid dienone is 1. The van der Waals surface area contributed by atoms with Gasteiger partial charge in [-0.05, 0) is 30.7 Å². The first-order valence-corrected chi connectivity index (χ1v) is 9.80. The normalized spacial score (nSPS) is 24.0. The Bertz CT molecular complexity index is 1210. The van der Waals surface area contributed by atoms with Crippen molar-refractivity contribution in [2.24, 2.45) is 7.05 Å². The number of hydrogen-bond donors (Lipinski definition) is 2. The van der Waals surface area contributed by atoms with Gasteiger partial charge in [0.2, 0.25) is 5.78 Å². The number of pyridine rings is 1. The van der Waals surface area contributed by atoms with Gasteiger partial charge >= 0.3 is 0 Å². The van der Waals surface area contributed by atoms with Gasteiger partial charge < -0.3 is 24.6 Å². The molecule has 2 fully saturated rings. The van der Waals surface area contributed by atoms with Crippen molar-refractivity contribution in [2.45, 2.75) is 18.5 Å². The second kappa shape index (κ2) is 5.84. The Morgan fingerprint density at radius 3 is 3.00 bits per heavy atom. The van der Waals surface area contributed by atoms with Crippen molar-refractivity contribution in [3.05, 3.63) is 53.5 Å². The summed E-state index contributed by atoms with van der Waals surface area (Å²) in [6.07, 6.45) is 6.74.